The Morgan fingerprint density at radius 2 is 1.70 bits per heavy atom. The highest BCUT2D eigenvalue weighted by Gasteiger charge is 2.29. The number of hydrogen-bond donors (Lipinski definition) is 2. The molecule has 0 unspecified atom stereocenters. The molecule has 0 atom stereocenters. The van der Waals surface area contributed by atoms with Gasteiger partial charge in [-0.2, -0.15) is 0 Å². The Kier molecular flexibility index (Phi) is 5.27. The normalized spacial score (nSPS) is 19.3. The van der Waals surface area contributed by atoms with Crippen LogP contribution in [0.3, 0.4) is 0 Å². The van der Waals surface area contributed by atoms with Crippen molar-refractivity contribution in [3.05, 3.63) is 34.1 Å². The third-order valence-corrected chi connectivity index (χ3v) is 6.71. The molecule has 0 radical (unpaired) electrons. The summed E-state index contributed by atoms with van der Waals surface area (Å²) < 4.78 is 10.9. The molecule has 7 heteroatoms. The Hall–Kier alpha value is -2.70. The predicted molar refractivity (Wildman–Crippen MR) is 114 cm³/mol. The molecule has 2 aromatic rings. The summed E-state index contributed by atoms with van der Waals surface area (Å²) in [5.41, 5.74) is 1.16. The molecule has 30 heavy (non-hydrogen) atoms. The first-order valence-electron chi connectivity index (χ1n) is 11.2. The summed E-state index contributed by atoms with van der Waals surface area (Å²) in [4.78, 5) is 30.9. The highest BCUT2D eigenvalue weighted by molar-refractivity contribution is 5.83. The molecule has 2 N–H and O–H groups in total. The lowest BCUT2D eigenvalue weighted by Crippen LogP contribution is -2.49. The maximum Gasteiger partial charge on any atom is 0.318 e. The lowest BCUT2D eigenvalue weighted by atomic mass is 9.96. The first-order valence-corrected chi connectivity index (χ1v) is 11.2. The topological polar surface area (TPSA) is 83.7 Å². The van der Waals surface area contributed by atoms with Crippen LogP contribution in [-0.4, -0.2) is 34.8 Å². The molecular formula is C23H29N3O4. The highest BCUT2D eigenvalue weighted by Crippen LogP contribution is 2.35. The maximum atomic E-state index is 13.2. The van der Waals surface area contributed by atoms with E-state index in [1.165, 1.54) is 19.3 Å². The number of nitrogens with zero attached hydrogens (tertiary/aromatic N) is 1. The van der Waals surface area contributed by atoms with E-state index in [2.05, 4.69) is 10.3 Å². The molecule has 1 aromatic heterocycles. The molecular weight excluding hydrogens is 382 g/mol. The Morgan fingerprint density at radius 1 is 1.00 bits per heavy atom. The number of hydrogen-bond acceptors (Lipinski definition) is 4. The number of ether oxygens (including phenoxy) is 2. The number of H-pyrrole nitrogens is 1. The minimum absolute atomic E-state index is 0.0287. The van der Waals surface area contributed by atoms with Crippen molar-refractivity contribution in [2.24, 2.45) is 0 Å². The number of aromatic amines is 1. The Bertz CT molecular complexity index is 990. The minimum atomic E-state index is -0.158. The largest absolute Gasteiger partial charge is 0.454 e. The van der Waals surface area contributed by atoms with Crippen LogP contribution in [0.2, 0.25) is 0 Å². The van der Waals surface area contributed by atoms with Crippen LogP contribution in [0.25, 0.3) is 10.9 Å². The zero-order valence-electron chi connectivity index (χ0n) is 17.2. The number of nitrogens with one attached hydrogen (secondary N) is 2. The van der Waals surface area contributed by atoms with Gasteiger partial charge in [0.05, 0.1) is 12.1 Å². The standard InChI is InChI=1S/C23H29N3O4/c27-22-16(10-15-11-20-21(30-14-29-20)12-19(15)25-22)13-26(18-8-4-5-9-18)23(28)24-17-6-2-1-3-7-17/h10-12,17-18H,1-9,13-14H2,(H,24,28)(H,25,27). The molecule has 0 bridgehead atoms. The van der Waals surface area contributed by atoms with Gasteiger partial charge in [-0.3, -0.25) is 4.79 Å². The van der Waals surface area contributed by atoms with Gasteiger partial charge in [0.2, 0.25) is 6.79 Å². The SMILES string of the molecule is O=C(NC1CCCCC1)N(Cc1cc2cc3c(cc2[nH]c1=O)OCO3)C1CCCC1. The zero-order valence-corrected chi connectivity index (χ0v) is 17.2. The van der Waals surface area contributed by atoms with Gasteiger partial charge in [0, 0.05) is 29.1 Å². The lowest BCUT2D eigenvalue weighted by molar-refractivity contribution is 0.164. The summed E-state index contributed by atoms with van der Waals surface area (Å²) in [6.07, 6.45) is 9.98. The number of aromatic nitrogens is 1. The Morgan fingerprint density at radius 3 is 2.47 bits per heavy atom. The van der Waals surface area contributed by atoms with Crippen LogP contribution in [0.1, 0.15) is 63.4 Å². The summed E-state index contributed by atoms with van der Waals surface area (Å²) in [6.45, 7) is 0.516. The summed E-state index contributed by atoms with van der Waals surface area (Å²) in [7, 11) is 0. The van der Waals surface area contributed by atoms with E-state index in [-0.39, 0.29) is 30.5 Å². The van der Waals surface area contributed by atoms with Crippen LogP contribution in [0, 0.1) is 0 Å². The van der Waals surface area contributed by atoms with E-state index in [4.69, 9.17) is 9.47 Å². The first-order chi connectivity index (χ1) is 14.7. The number of amides is 2. The maximum absolute atomic E-state index is 13.2. The van der Waals surface area contributed by atoms with Crippen molar-refractivity contribution in [3.63, 3.8) is 0 Å². The third kappa shape index (κ3) is 3.85. The van der Waals surface area contributed by atoms with E-state index in [0.717, 1.165) is 43.9 Å². The number of carbonyl (C=O) groups is 1. The second-order valence-electron chi connectivity index (χ2n) is 8.77. The molecule has 2 aliphatic carbocycles. The van der Waals surface area contributed by atoms with Crippen LogP contribution < -0.4 is 20.3 Å². The van der Waals surface area contributed by atoms with Gasteiger partial charge in [-0.15, -0.1) is 0 Å². The quantitative estimate of drug-likeness (QED) is 0.795. The average molecular weight is 412 g/mol. The monoisotopic (exact) mass is 411 g/mol. The smallest absolute Gasteiger partial charge is 0.318 e. The molecule has 1 aliphatic heterocycles. The fraction of sp³-hybridized carbons (Fsp3) is 0.565. The summed E-state index contributed by atoms with van der Waals surface area (Å²) in [6, 6.07) is 5.99. The summed E-state index contributed by atoms with van der Waals surface area (Å²) in [5.74, 6) is 1.33. The number of benzene rings is 1. The third-order valence-electron chi connectivity index (χ3n) is 6.71. The van der Waals surface area contributed by atoms with Crippen molar-refractivity contribution in [2.75, 3.05) is 6.79 Å². The molecule has 2 saturated carbocycles. The fourth-order valence-corrected chi connectivity index (χ4v) is 5.03. The van der Waals surface area contributed by atoms with E-state index >= 15 is 0 Å². The molecule has 0 saturated heterocycles. The van der Waals surface area contributed by atoms with Crippen LogP contribution in [0.4, 0.5) is 4.79 Å². The van der Waals surface area contributed by atoms with Crippen molar-refractivity contribution in [2.45, 2.75) is 76.4 Å². The van der Waals surface area contributed by atoms with Crippen LogP contribution in [0.5, 0.6) is 11.5 Å². The number of fused-ring (bicyclic) bond motifs is 2. The van der Waals surface area contributed by atoms with E-state index < -0.39 is 0 Å². The second kappa shape index (κ2) is 8.20. The zero-order chi connectivity index (χ0) is 20.5. The molecule has 2 amide bonds. The van der Waals surface area contributed by atoms with Gasteiger partial charge < -0.3 is 24.7 Å². The summed E-state index contributed by atoms with van der Waals surface area (Å²) in [5, 5.41) is 4.13. The van der Waals surface area contributed by atoms with Crippen LogP contribution in [0.15, 0.2) is 23.0 Å². The minimum Gasteiger partial charge on any atom is -0.454 e. The van der Waals surface area contributed by atoms with Crippen molar-refractivity contribution in [1.29, 1.82) is 0 Å². The van der Waals surface area contributed by atoms with Crippen molar-refractivity contribution >= 4 is 16.9 Å². The van der Waals surface area contributed by atoms with Crippen LogP contribution >= 0.6 is 0 Å². The predicted octanol–water partition coefficient (Wildman–Crippen LogP) is 4.04. The van der Waals surface area contributed by atoms with E-state index in [1.54, 1.807) is 6.07 Å². The number of urea groups is 1. The summed E-state index contributed by atoms with van der Waals surface area (Å²) >= 11 is 0. The van der Waals surface area contributed by atoms with Gasteiger partial charge >= 0.3 is 6.03 Å². The van der Waals surface area contributed by atoms with Crippen molar-refractivity contribution < 1.29 is 14.3 Å². The fourth-order valence-electron chi connectivity index (χ4n) is 5.03. The molecule has 0 spiro atoms. The number of pyridine rings is 1. The van der Waals surface area contributed by atoms with Gasteiger partial charge in [0.25, 0.3) is 5.56 Å². The van der Waals surface area contributed by atoms with Gasteiger partial charge in [0.15, 0.2) is 11.5 Å². The van der Waals surface area contributed by atoms with Gasteiger partial charge in [-0.1, -0.05) is 32.1 Å². The highest BCUT2D eigenvalue weighted by atomic mass is 16.7. The van der Waals surface area contributed by atoms with Crippen molar-refractivity contribution in [3.8, 4) is 11.5 Å². The van der Waals surface area contributed by atoms with Gasteiger partial charge in [-0.25, -0.2) is 4.79 Å². The van der Waals surface area contributed by atoms with Gasteiger partial charge in [-0.05, 0) is 37.8 Å². The second-order valence-corrected chi connectivity index (χ2v) is 8.77. The Labute approximate surface area is 175 Å². The lowest BCUT2D eigenvalue weighted by Gasteiger charge is -2.32. The molecule has 3 aliphatic rings. The van der Waals surface area contributed by atoms with E-state index in [9.17, 15) is 9.59 Å². The molecule has 5 rings (SSSR count). The molecule has 7 nitrogen and oxygen atoms in total. The van der Waals surface area contributed by atoms with E-state index in [1.807, 2.05) is 17.0 Å². The molecule has 2 heterocycles. The number of rotatable bonds is 4. The molecule has 160 valence electrons. The van der Waals surface area contributed by atoms with E-state index in [0.29, 0.717) is 29.1 Å². The Balaban J connectivity index is 1.41. The first kappa shape index (κ1) is 19.3. The van der Waals surface area contributed by atoms with Gasteiger partial charge in [0.1, 0.15) is 0 Å². The molecule has 2 fully saturated rings. The van der Waals surface area contributed by atoms with Crippen LogP contribution in [-0.2, 0) is 6.54 Å². The average Bonchev–Trinajstić information content (AvgIpc) is 3.43. The number of carbonyl (C=O) groups excluding carboxylic acids is 1. The van der Waals surface area contributed by atoms with Crippen molar-refractivity contribution in [1.82, 2.24) is 15.2 Å². The molecule has 1 aromatic carbocycles.